The zero-order valence-electron chi connectivity index (χ0n) is 15.5. The summed E-state index contributed by atoms with van der Waals surface area (Å²) in [4.78, 5) is 27.2. The van der Waals surface area contributed by atoms with Crippen LogP contribution in [0.25, 0.3) is 0 Å². The Hall–Kier alpha value is -3.12. The second kappa shape index (κ2) is 8.49. The van der Waals surface area contributed by atoms with Crippen molar-refractivity contribution in [3.05, 3.63) is 39.9 Å². The van der Waals surface area contributed by atoms with E-state index in [2.05, 4.69) is 15.5 Å². The van der Waals surface area contributed by atoms with Gasteiger partial charge in [0.05, 0.1) is 5.94 Å². The smallest absolute Gasteiger partial charge is 0.534 e. The molecule has 1 atom stereocenters. The summed E-state index contributed by atoms with van der Waals surface area (Å²) in [6.07, 6.45) is 0.618. The molecule has 0 aliphatic carbocycles. The largest absolute Gasteiger partial charge is 0.547 e. The first-order chi connectivity index (χ1) is 13.8. The maximum atomic E-state index is 12.5. The van der Waals surface area contributed by atoms with E-state index >= 15 is 0 Å². The lowest BCUT2D eigenvalue weighted by molar-refractivity contribution is -0.137. The minimum absolute atomic E-state index is 0.00866. The Bertz CT molecular complexity index is 979. The van der Waals surface area contributed by atoms with E-state index in [1.807, 2.05) is 6.07 Å². The molecule has 0 radical (unpaired) electrons. The summed E-state index contributed by atoms with van der Waals surface area (Å²) in [5.41, 5.74) is 7.67. The maximum Gasteiger partial charge on any atom is 0.547 e. The summed E-state index contributed by atoms with van der Waals surface area (Å²) in [6, 6.07) is 3.60. The van der Waals surface area contributed by atoms with Crippen LogP contribution in [0.4, 0.5) is 5.13 Å². The Morgan fingerprint density at radius 3 is 2.86 bits per heavy atom. The number of aryl methyl sites for hydroxylation is 1. The first-order valence-corrected chi connectivity index (χ1v) is 9.60. The van der Waals surface area contributed by atoms with Gasteiger partial charge < -0.3 is 31.0 Å². The number of amides is 1. The van der Waals surface area contributed by atoms with Crippen LogP contribution in [0.1, 0.15) is 28.8 Å². The lowest BCUT2D eigenvalue weighted by atomic mass is 9.72. The van der Waals surface area contributed by atoms with Crippen molar-refractivity contribution in [2.75, 3.05) is 5.73 Å². The predicted molar refractivity (Wildman–Crippen MR) is 106 cm³/mol. The Morgan fingerprint density at radius 1 is 1.48 bits per heavy atom. The topological polar surface area (TPSA) is 167 Å². The SMILES string of the molecule is Cc1c(CCC(=O)O)ccc2c1OB(O)[C@@H](NC(=O)/C(=N\O)c1csc(N)n1)C2. The predicted octanol–water partition coefficient (Wildman–Crippen LogP) is 0.369. The van der Waals surface area contributed by atoms with Gasteiger partial charge in [0.15, 0.2) is 10.8 Å². The van der Waals surface area contributed by atoms with Crippen molar-refractivity contribution in [3.63, 3.8) is 0 Å². The van der Waals surface area contributed by atoms with E-state index in [1.165, 1.54) is 5.38 Å². The first-order valence-electron chi connectivity index (χ1n) is 8.72. The van der Waals surface area contributed by atoms with Crippen molar-refractivity contribution in [2.24, 2.45) is 5.16 Å². The molecular weight excluding hydrogens is 399 g/mol. The highest BCUT2D eigenvalue weighted by molar-refractivity contribution is 7.13. The van der Waals surface area contributed by atoms with Crippen LogP contribution in [-0.2, 0) is 22.4 Å². The Morgan fingerprint density at radius 2 is 2.24 bits per heavy atom. The van der Waals surface area contributed by atoms with Gasteiger partial charge >= 0.3 is 13.1 Å². The monoisotopic (exact) mass is 418 g/mol. The maximum absolute atomic E-state index is 12.5. The number of carboxylic acids is 1. The van der Waals surface area contributed by atoms with E-state index in [4.69, 9.17) is 15.5 Å². The number of carboxylic acid groups (broad SMARTS) is 1. The van der Waals surface area contributed by atoms with Gasteiger partial charge in [-0.3, -0.25) is 9.59 Å². The van der Waals surface area contributed by atoms with Crippen LogP contribution >= 0.6 is 11.3 Å². The average molecular weight is 418 g/mol. The number of nitrogens with two attached hydrogens (primary N) is 1. The van der Waals surface area contributed by atoms with Gasteiger partial charge in [0, 0.05) is 11.8 Å². The fourth-order valence-corrected chi connectivity index (χ4v) is 3.68. The average Bonchev–Trinajstić information content (AvgIpc) is 3.09. The lowest BCUT2D eigenvalue weighted by Gasteiger charge is -2.29. The summed E-state index contributed by atoms with van der Waals surface area (Å²) in [6.45, 7) is 1.80. The Labute approximate surface area is 170 Å². The molecule has 12 heteroatoms. The molecule has 10 nitrogen and oxygen atoms in total. The molecule has 1 amide bonds. The highest BCUT2D eigenvalue weighted by Crippen LogP contribution is 2.32. The van der Waals surface area contributed by atoms with Crippen molar-refractivity contribution in [2.45, 2.75) is 32.1 Å². The number of anilines is 1. The number of carbonyl (C=O) groups is 2. The van der Waals surface area contributed by atoms with Crippen LogP contribution in [0, 0.1) is 6.92 Å². The van der Waals surface area contributed by atoms with Crippen molar-refractivity contribution in [1.82, 2.24) is 10.3 Å². The number of carbonyl (C=O) groups excluding carboxylic acids is 1. The second-order valence-corrected chi connectivity index (χ2v) is 7.43. The fourth-order valence-electron chi connectivity index (χ4n) is 3.13. The minimum atomic E-state index is -1.33. The standard InChI is InChI=1S/C17H19BN4O6S/c1-8-9(4-5-13(23)24)2-3-10-6-12(18(26)28-15(8)10)21-16(25)14(22-27)11-7-29-17(19)20-11/h2-3,7,12,26-27H,4-6H2,1H3,(H2,19,20)(H,21,25)(H,23,24)/b22-14-/t12-/m0/s1. The van der Waals surface area contributed by atoms with Gasteiger partial charge in [-0.05, 0) is 36.5 Å². The van der Waals surface area contributed by atoms with Gasteiger partial charge in [0.25, 0.3) is 5.91 Å². The van der Waals surface area contributed by atoms with Crippen molar-refractivity contribution in [1.29, 1.82) is 0 Å². The zero-order valence-corrected chi connectivity index (χ0v) is 16.3. The number of oxime groups is 1. The van der Waals surface area contributed by atoms with Gasteiger partial charge in [-0.2, -0.15) is 0 Å². The quantitative estimate of drug-likeness (QED) is 0.194. The number of hydrogen-bond acceptors (Lipinski definition) is 9. The van der Waals surface area contributed by atoms with Crippen molar-refractivity contribution in [3.8, 4) is 5.75 Å². The van der Waals surface area contributed by atoms with E-state index < -0.39 is 24.9 Å². The molecule has 3 rings (SSSR count). The van der Waals surface area contributed by atoms with Crippen LogP contribution in [0.5, 0.6) is 5.75 Å². The number of aliphatic carboxylic acids is 1. The number of nitrogen functional groups attached to an aromatic ring is 1. The molecule has 152 valence electrons. The van der Waals surface area contributed by atoms with Gasteiger partial charge in [-0.15, -0.1) is 11.3 Å². The zero-order chi connectivity index (χ0) is 21.1. The lowest BCUT2D eigenvalue weighted by Crippen LogP contribution is -2.54. The number of hydrogen-bond donors (Lipinski definition) is 5. The molecular formula is C17H19BN4O6S. The molecule has 0 saturated heterocycles. The van der Waals surface area contributed by atoms with Crippen molar-refractivity contribution >= 4 is 41.2 Å². The van der Waals surface area contributed by atoms with Gasteiger partial charge in [0.1, 0.15) is 11.4 Å². The number of nitrogens with zero attached hydrogens (tertiary/aromatic N) is 2. The third kappa shape index (κ3) is 4.49. The number of thiazole rings is 1. The summed E-state index contributed by atoms with van der Waals surface area (Å²) < 4.78 is 5.60. The molecule has 1 aliphatic rings. The van der Waals surface area contributed by atoms with Crippen LogP contribution in [0.3, 0.4) is 0 Å². The summed E-state index contributed by atoms with van der Waals surface area (Å²) >= 11 is 1.10. The molecule has 2 aromatic rings. The van der Waals surface area contributed by atoms with Crippen LogP contribution in [-0.4, -0.2) is 51.0 Å². The van der Waals surface area contributed by atoms with Crippen LogP contribution in [0.15, 0.2) is 22.7 Å². The molecule has 1 aliphatic heterocycles. The Kier molecular flexibility index (Phi) is 6.04. The van der Waals surface area contributed by atoms with Crippen molar-refractivity contribution < 1.29 is 29.6 Å². The third-order valence-corrected chi connectivity index (χ3v) is 5.30. The molecule has 1 aromatic heterocycles. The molecule has 1 aromatic carbocycles. The second-order valence-electron chi connectivity index (χ2n) is 6.54. The highest BCUT2D eigenvalue weighted by Gasteiger charge is 2.38. The molecule has 29 heavy (non-hydrogen) atoms. The van der Waals surface area contributed by atoms with Gasteiger partial charge in [-0.25, -0.2) is 4.98 Å². The van der Waals surface area contributed by atoms with Gasteiger partial charge in [0.2, 0.25) is 0 Å². The number of fused-ring (bicyclic) bond motifs is 1. The summed E-state index contributed by atoms with van der Waals surface area (Å²) in [5, 5.41) is 35.7. The molecule has 2 heterocycles. The molecule has 0 fully saturated rings. The van der Waals surface area contributed by atoms with E-state index in [1.54, 1.807) is 13.0 Å². The van der Waals surface area contributed by atoms with Crippen LogP contribution in [0.2, 0.25) is 0 Å². The highest BCUT2D eigenvalue weighted by atomic mass is 32.1. The summed E-state index contributed by atoms with van der Waals surface area (Å²) in [7, 11) is -1.33. The van der Waals surface area contributed by atoms with Crippen LogP contribution < -0.4 is 15.7 Å². The molecule has 0 saturated carbocycles. The number of rotatable bonds is 6. The normalized spacial score (nSPS) is 16.1. The first kappa shape index (κ1) is 20.6. The molecule has 0 spiro atoms. The van der Waals surface area contributed by atoms with E-state index in [0.717, 1.165) is 28.0 Å². The summed E-state index contributed by atoms with van der Waals surface area (Å²) in [5.74, 6) is -1.93. The molecule has 0 bridgehead atoms. The Balaban J connectivity index is 1.75. The minimum Gasteiger partial charge on any atom is -0.534 e. The van der Waals surface area contributed by atoms with E-state index in [-0.39, 0.29) is 29.4 Å². The van der Waals surface area contributed by atoms with E-state index in [9.17, 15) is 19.8 Å². The molecule has 0 unspecified atom stereocenters. The molecule has 6 N–H and O–H groups in total. The third-order valence-electron chi connectivity index (χ3n) is 4.63. The number of nitrogens with one attached hydrogen (secondary N) is 1. The number of aromatic nitrogens is 1. The number of benzene rings is 1. The van der Waals surface area contributed by atoms with E-state index in [0.29, 0.717) is 12.2 Å². The fraction of sp³-hybridized carbons (Fsp3) is 0.294. The van der Waals surface area contributed by atoms with Gasteiger partial charge in [-0.1, -0.05) is 17.3 Å².